The number of guanidine groups is 1. The van der Waals surface area contributed by atoms with Crippen LogP contribution in [0.3, 0.4) is 0 Å². The maximum absolute atomic E-state index is 11.0. The lowest BCUT2D eigenvalue weighted by molar-refractivity contribution is -0.140. The number of nitrogens with zero attached hydrogens (tertiary/aromatic N) is 1. The topological polar surface area (TPSA) is 62.7 Å². The van der Waals surface area contributed by atoms with Crippen LogP contribution in [-0.2, 0) is 16.0 Å². The van der Waals surface area contributed by atoms with Crippen LogP contribution < -0.4 is 10.6 Å². The molecule has 0 saturated heterocycles. The van der Waals surface area contributed by atoms with Gasteiger partial charge in [0.2, 0.25) is 0 Å². The summed E-state index contributed by atoms with van der Waals surface area (Å²) in [5.74, 6) is 1.22. The third kappa shape index (κ3) is 9.23. The third-order valence-electron chi connectivity index (χ3n) is 3.36. The summed E-state index contributed by atoms with van der Waals surface area (Å²) in [6.45, 7) is 6.73. The Labute approximate surface area is 143 Å². The van der Waals surface area contributed by atoms with Gasteiger partial charge < -0.3 is 15.4 Å². The molecule has 0 fully saturated rings. The molecule has 0 aromatic carbocycles. The number of aliphatic imine (C=N–C) groups is 1. The molecule has 0 aliphatic heterocycles. The van der Waals surface area contributed by atoms with Gasteiger partial charge in [-0.2, -0.15) is 0 Å². The van der Waals surface area contributed by atoms with Crippen molar-refractivity contribution in [3.8, 4) is 0 Å². The van der Waals surface area contributed by atoms with Crippen molar-refractivity contribution in [2.45, 2.75) is 39.5 Å². The number of esters is 1. The highest BCUT2D eigenvalue weighted by molar-refractivity contribution is 7.09. The van der Waals surface area contributed by atoms with E-state index in [2.05, 4.69) is 51.7 Å². The maximum atomic E-state index is 11.0. The summed E-state index contributed by atoms with van der Waals surface area (Å²) < 4.78 is 4.63. The largest absolute Gasteiger partial charge is 0.469 e. The van der Waals surface area contributed by atoms with Crippen LogP contribution in [0.25, 0.3) is 0 Å². The number of nitrogens with one attached hydrogen (secondary N) is 2. The maximum Gasteiger partial charge on any atom is 0.305 e. The van der Waals surface area contributed by atoms with E-state index < -0.39 is 0 Å². The van der Waals surface area contributed by atoms with Gasteiger partial charge in [-0.3, -0.25) is 9.79 Å². The monoisotopic (exact) mass is 339 g/mol. The molecule has 0 aliphatic carbocycles. The minimum absolute atomic E-state index is 0.145. The van der Waals surface area contributed by atoms with Gasteiger partial charge in [-0.15, -0.1) is 11.3 Å². The normalized spacial score (nSPS) is 12.7. The van der Waals surface area contributed by atoms with E-state index in [-0.39, 0.29) is 5.97 Å². The Morgan fingerprint density at radius 1 is 1.39 bits per heavy atom. The number of hydrogen-bond donors (Lipinski definition) is 2. The zero-order valence-electron chi connectivity index (χ0n) is 14.4. The number of carbonyl (C=O) groups excluding carboxylic acids is 1. The first kappa shape index (κ1) is 19.5. The van der Waals surface area contributed by atoms with Gasteiger partial charge >= 0.3 is 5.97 Å². The summed E-state index contributed by atoms with van der Waals surface area (Å²) >= 11 is 1.80. The van der Waals surface area contributed by atoms with Gasteiger partial charge in [0.1, 0.15) is 0 Å². The fraction of sp³-hybridized carbons (Fsp3) is 0.647. The van der Waals surface area contributed by atoms with Crippen LogP contribution in [0, 0.1) is 5.92 Å². The summed E-state index contributed by atoms with van der Waals surface area (Å²) in [4.78, 5) is 17.1. The van der Waals surface area contributed by atoms with E-state index in [4.69, 9.17) is 0 Å². The highest BCUT2D eigenvalue weighted by atomic mass is 32.1. The van der Waals surface area contributed by atoms with Crippen molar-refractivity contribution in [3.05, 3.63) is 22.4 Å². The molecule has 0 radical (unpaired) electrons. The summed E-state index contributed by atoms with van der Waals surface area (Å²) in [5, 5.41) is 8.69. The van der Waals surface area contributed by atoms with E-state index in [0.717, 1.165) is 44.9 Å². The first-order chi connectivity index (χ1) is 11.2. The Morgan fingerprint density at radius 3 is 2.87 bits per heavy atom. The minimum atomic E-state index is -0.145. The minimum Gasteiger partial charge on any atom is -0.469 e. The average molecular weight is 340 g/mol. The molecule has 1 aromatic heterocycles. The molecule has 1 unspecified atom stereocenters. The Balaban J connectivity index is 2.27. The van der Waals surface area contributed by atoms with E-state index in [1.165, 1.54) is 12.0 Å². The van der Waals surface area contributed by atoms with Gasteiger partial charge in [0, 0.05) is 30.9 Å². The van der Waals surface area contributed by atoms with Crippen molar-refractivity contribution < 1.29 is 9.53 Å². The molecular weight excluding hydrogens is 310 g/mol. The quantitative estimate of drug-likeness (QED) is 0.298. The fourth-order valence-corrected chi connectivity index (χ4v) is 3.00. The molecular formula is C17H29N3O2S. The Hall–Kier alpha value is -1.56. The van der Waals surface area contributed by atoms with Crippen LogP contribution in [0.1, 0.15) is 38.0 Å². The molecule has 0 bridgehead atoms. The molecule has 0 saturated carbocycles. The van der Waals surface area contributed by atoms with E-state index in [9.17, 15) is 4.79 Å². The van der Waals surface area contributed by atoms with Crippen molar-refractivity contribution in [1.82, 2.24) is 10.6 Å². The van der Waals surface area contributed by atoms with E-state index in [1.54, 1.807) is 11.3 Å². The van der Waals surface area contributed by atoms with Gasteiger partial charge in [-0.25, -0.2) is 0 Å². The van der Waals surface area contributed by atoms with Crippen LogP contribution in [0.15, 0.2) is 22.5 Å². The summed E-state index contributed by atoms with van der Waals surface area (Å²) in [6, 6.07) is 4.27. The molecule has 1 heterocycles. The van der Waals surface area contributed by atoms with Crippen LogP contribution in [0.2, 0.25) is 0 Å². The number of rotatable bonds is 10. The van der Waals surface area contributed by atoms with Crippen molar-refractivity contribution >= 4 is 23.3 Å². The van der Waals surface area contributed by atoms with Crippen LogP contribution >= 0.6 is 11.3 Å². The first-order valence-corrected chi connectivity index (χ1v) is 9.15. The van der Waals surface area contributed by atoms with Gasteiger partial charge in [0.25, 0.3) is 0 Å². The highest BCUT2D eigenvalue weighted by Crippen LogP contribution is 2.14. The predicted octanol–water partition coefficient (Wildman–Crippen LogP) is 2.83. The average Bonchev–Trinajstić information content (AvgIpc) is 3.04. The second-order valence-corrected chi connectivity index (χ2v) is 6.60. The van der Waals surface area contributed by atoms with Gasteiger partial charge in [0.15, 0.2) is 5.96 Å². The molecule has 23 heavy (non-hydrogen) atoms. The molecule has 6 heteroatoms. The lowest BCUT2D eigenvalue weighted by atomic mass is 10.1. The van der Waals surface area contributed by atoms with E-state index in [1.807, 2.05) is 0 Å². The molecule has 1 aromatic rings. The molecule has 0 aliphatic rings. The Morgan fingerprint density at radius 2 is 2.22 bits per heavy atom. The lowest BCUT2D eigenvalue weighted by Gasteiger charge is -2.13. The van der Waals surface area contributed by atoms with Crippen molar-refractivity contribution in [2.75, 3.05) is 26.7 Å². The van der Waals surface area contributed by atoms with Crippen molar-refractivity contribution in [3.63, 3.8) is 0 Å². The Kier molecular flexibility index (Phi) is 10.1. The number of methoxy groups -OCH3 is 1. The standard InChI is InChI=1S/C17H29N3O2S/c1-4-18-17(19-10-6-5-9-16(21)22-3)20-13-14(2)12-15-8-7-11-23-15/h7-8,11,14H,4-6,9-10,12-13H2,1-3H3,(H2,18,19,20). The molecule has 2 N–H and O–H groups in total. The highest BCUT2D eigenvalue weighted by Gasteiger charge is 2.05. The molecule has 0 amide bonds. The van der Waals surface area contributed by atoms with E-state index >= 15 is 0 Å². The number of thiophene rings is 1. The van der Waals surface area contributed by atoms with Crippen LogP contribution in [0.5, 0.6) is 0 Å². The second-order valence-electron chi connectivity index (χ2n) is 5.57. The van der Waals surface area contributed by atoms with Crippen LogP contribution in [-0.4, -0.2) is 38.7 Å². The number of carbonyl (C=O) groups is 1. The summed E-state index contributed by atoms with van der Waals surface area (Å²) in [6.07, 6.45) is 3.29. The summed E-state index contributed by atoms with van der Waals surface area (Å²) in [7, 11) is 1.42. The van der Waals surface area contributed by atoms with Gasteiger partial charge in [-0.1, -0.05) is 13.0 Å². The van der Waals surface area contributed by atoms with Gasteiger partial charge in [0.05, 0.1) is 7.11 Å². The molecule has 0 spiro atoms. The SMILES string of the molecule is CCNC(=NCC(C)Cc1cccs1)NCCCCC(=O)OC. The smallest absolute Gasteiger partial charge is 0.305 e. The predicted molar refractivity (Wildman–Crippen MR) is 97.0 cm³/mol. The lowest BCUT2D eigenvalue weighted by Crippen LogP contribution is -2.38. The number of ether oxygens (including phenoxy) is 1. The molecule has 1 rings (SSSR count). The second kappa shape index (κ2) is 11.9. The first-order valence-electron chi connectivity index (χ1n) is 8.27. The third-order valence-corrected chi connectivity index (χ3v) is 4.26. The van der Waals surface area contributed by atoms with Crippen molar-refractivity contribution in [1.29, 1.82) is 0 Å². The molecule has 130 valence electrons. The zero-order chi connectivity index (χ0) is 16.9. The van der Waals surface area contributed by atoms with Gasteiger partial charge in [-0.05, 0) is 43.6 Å². The number of unbranched alkanes of at least 4 members (excludes halogenated alkanes) is 1. The zero-order valence-corrected chi connectivity index (χ0v) is 15.2. The molecule has 1 atom stereocenters. The Bertz CT molecular complexity index is 460. The summed E-state index contributed by atoms with van der Waals surface area (Å²) in [5.41, 5.74) is 0. The fourth-order valence-electron chi connectivity index (χ4n) is 2.13. The number of hydrogen-bond acceptors (Lipinski definition) is 4. The van der Waals surface area contributed by atoms with E-state index in [0.29, 0.717) is 12.3 Å². The molecule has 5 nitrogen and oxygen atoms in total. The van der Waals surface area contributed by atoms with Crippen molar-refractivity contribution in [2.24, 2.45) is 10.9 Å². The van der Waals surface area contributed by atoms with Crippen LogP contribution in [0.4, 0.5) is 0 Å².